The van der Waals surface area contributed by atoms with Crippen LogP contribution in [0, 0.1) is 12.7 Å². The molecule has 1 amide bonds. The minimum Gasteiger partial charge on any atom is -0.448 e. The van der Waals surface area contributed by atoms with Crippen LogP contribution >= 0.6 is 0 Å². The van der Waals surface area contributed by atoms with Crippen molar-refractivity contribution in [2.45, 2.75) is 6.92 Å². The number of halogens is 1. The molecule has 0 saturated carbocycles. The molecule has 0 spiro atoms. The van der Waals surface area contributed by atoms with Gasteiger partial charge in [-0.05, 0) is 13.0 Å². The van der Waals surface area contributed by atoms with Gasteiger partial charge in [0.25, 0.3) is 5.91 Å². The first-order valence-corrected chi connectivity index (χ1v) is 6.04. The van der Waals surface area contributed by atoms with Crippen molar-refractivity contribution in [3.8, 4) is 0 Å². The third kappa shape index (κ3) is 1.77. The quantitative estimate of drug-likeness (QED) is 0.781. The largest absolute Gasteiger partial charge is 0.448 e. The van der Waals surface area contributed by atoms with Gasteiger partial charge in [-0.3, -0.25) is 9.89 Å². The molecule has 0 saturated heterocycles. The molecule has 20 heavy (non-hydrogen) atoms. The van der Waals surface area contributed by atoms with E-state index in [2.05, 4.69) is 10.2 Å². The molecule has 102 valence electrons. The third-order valence-corrected chi connectivity index (χ3v) is 3.29. The molecule has 1 aromatic carbocycles. The van der Waals surface area contributed by atoms with Gasteiger partial charge in [0.15, 0.2) is 17.2 Å². The van der Waals surface area contributed by atoms with Crippen LogP contribution in [0.25, 0.3) is 11.0 Å². The van der Waals surface area contributed by atoms with Crippen molar-refractivity contribution < 1.29 is 13.6 Å². The number of anilines is 1. The minimum atomic E-state index is -0.476. The summed E-state index contributed by atoms with van der Waals surface area (Å²) in [5, 5.41) is 7.03. The summed E-state index contributed by atoms with van der Waals surface area (Å²) in [6, 6.07) is 4.62. The Hall–Kier alpha value is -2.63. The molecule has 0 atom stereocenters. The van der Waals surface area contributed by atoms with Gasteiger partial charge in [0.05, 0.1) is 11.9 Å². The van der Waals surface area contributed by atoms with Crippen LogP contribution in [0.4, 0.5) is 10.1 Å². The molecule has 6 heteroatoms. The molecule has 0 unspecified atom stereocenters. The molecule has 0 aliphatic heterocycles. The summed E-state index contributed by atoms with van der Waals surface area (Å²) in [5.74, 6) is -0.691. The smallest absolute Gasteiger partial charge is 0.294 e. The average Bonchev–Trinajstić information content (AvgIpc) is 3.07. The van der Waals surface area contributed by atoms with Crippen LogP contribution in [-0.4, -0.2) is 23.2 Å². The van der Waals surface area contributed by atoms with Crippen molar-refractivity contribution >= 4 is 22.6 Å². The van der Waals surface area contributed by atoms with Crippen LogP contribution in [0.1, 0.15) is 16.1 Å². The van der Waals surface area contributed by atoms with E-state index >= 15 is 0 Å². The van der Waals surface area contributed by atoms with Gasteiger partial charge in [-0.1, -0.05) is 12.1 Å². The Morgan fingerprint density at radius 1 is 1.45 bits per heavy atom. The van der Waals surface area contributed by atoms with Gasteiger partial charge in [0, 0.05) is 24.2 Å². The van der Waals surface area contributed by atoms with Crippen LogP contribution in [0.5, 0.6) is 0 Å². The lowest BCUT2D eigenvalue weighted by atomic mass is 10.1. The molecule has 2 aromatic heterocycles. The maximum absolute atomic E-state index is 13.7. The van der Waals surface area contributed by atoms with Crippen molar-refractivity contribution in [2.24, 2.45) is 0 Å². The molecule has 0 aliphatic carbocycles. The highest BCUT2D eigenvalue weighted by Gasteiger charge is 2.23. The Bertz CT molecular complexity index is 777. The number of aromatic nitrogens is 2. The molecule has 5 nitrogen and oxygen atoms in total. The second kappa shape index (κ2) is 4.48. The van der Waals surface area contributed by atoms with E-state index < -0.39 is 5.82 Å². The summed E-state index contributed by atoms with van der Waals surface area (Å²) >= 11 is 0. The van der Waals surface area contributed by atoms with E-state index in [9.17, 15) is 9.18 Å². The number of aromatic amines is 1. The number of para-hydroxylation sites is 1. The van der Waals surface area contributed by atoms with Crippen molar-refractivity contribution in [2.75, 3.05) is 11.9 Å². The predicted molar refractivity (Wildman–Crippen MR) is 72.2 cm³/mol. The lowest BCUT2D eigenvalue weighted by Gasteiger charge is -2.13. The third-order valence-electron chi connectivity index (χ3n) is 3.29. The molecule has 0 radical (unpaired) electrons. The SMILES string of the molecule is Cc1c(C(=O)N(C)c2cn[nH]c2)oc2c(F)cccc12. The topological polar surface area (TPSA) is 62.1 Å². The Balaban J connectivity index is 2.08. The number of nitrogens with zero attached hydrogens (tertiary/aromatic N) is 2. The fraction of sp³-hybridized carbons (Fsp3) is 0.143. The average molecular weight is 273 g/mol. The number of hydrogen-bond donors (Lipinski definition) is 1. The fourth-order valence-electron chi connectivity index (χ4n) is 2.11. The Kier molecular flexibility index (Phi) is 2.78. The summed E-state index contributed by atoms with van der Waals surface area (Å²) in [4.78, 5) is 13.8. The van der Waals surface area contributed by atoms with E-state index in [0.29, 0.717) is 16.6 Å². The first-order chi connectivity index (χ1) is 9.59. The lowest BCUT2D eigenvalue weighted by molar-refractivity contribution is 0.0967. The Morgan fingerprint density at radius 3 is 2.90 bits per heavy atom. The molecule has 0 bridgehead atoms. The highest BCUT2D eigenvalue weighted by Crippen LogP contribution is 2.28. The molecular formula is C14H12FN3O2. The number of aryl methyl sites for hydroxylation is 1. The molecule has 1 N–H and O–H groups in total. The Labute approximate surface area is 114 Å². The van der Waals surface area contributed by atoms with E-state index in [0.717, 1.165) is 0 Å². The van der Waals surface area contributed by atoms with Crippen molar-refractivity contribution in [3.05, 3.63) is 47.7 Å². The standard InChI is InChI=1S/C14H12FN3O2/c1-8-10-4-3-5-11(15)13(10)20-12(8)14(19)18(2)9-6-16-17-7-9/h3-7H,1-2H3,(H,16,17). The highest BCUT2D eigenvalue weighted by atomic mass is 19.1. The van der Waals surface area contributed by atoms with Gasteiger partial charge in [-0.15, -0.1) is 0 Å². The van der Waals surface area contributed by atoms with Crippen molar-refractivity contribution in [1.82, 2.24) is 10.2 Å². The van der Waals surface area contributed by atoms with Gasteiger partial charge < -0.3 is 9.32 Å². The zero-order valence-corrected chi connectivity index (χ0v) is 11.0. The molecular weight excluding hydrogens is 261 g/mol. The number of carbonyl (C=O) groups excluding carboxylic acids is 1. The second-order valence-corrected chi connectivity index (χ2v) is 4.49. The first kappa shape index (κ1) is 12.4. The van der Waals surface area contributed by atoms with Crippen LogP contribution in [-0.2, 0) is 0 Å². The normalized spacial score (nSPS) is 10.9. The second-order valence-electron chi connectivity index (χ2n) is 4.49. The van der Waals surface area contributed by atoms with Crippen LogP contribution in [0.3, 0.4) is 0 Å². The van der Waals surface area contributed by atoms with Gasteiger partial charge in [-0.25, -0.2) is 4.39 Å². The van der Waals surface area contributed by atoms with Crippen LogP contribution < -0.4 is 4.90 Å². The fourth-order valence-corrected chi connectivity index (χ4v) is 2.11. The summed E-state index contributed by atoms with van der Waals surface area (Å²) in [5.41, 5.74) is 1.34. The number of nitrogens with one attached hydrogen (secondary N) is 1. The zero-order chi connectivity index (χ0) is 14.3. The highest BCUT2D eigenvalue weighted by molar-refractivity contribution is 6.07. The molecule has 2 heterocycles. The monoisotopic (exact) mass is 273 g/mol. The maximum Gasteiger partial charge on any atom is 0.294 e. The number of amides is 1. The van der Waals surface area contributed by atoms with E-state index in [4.69, 9.17) is 4.42 Å². The molecule has 0 fully saturated rings. The minimum absolute atomic E-state index is 0.106. The van der Waals surface area contributed by atoms with Crippen molar-refractivity contribution in [3.63, 3.8) is 0 Å². The van der Waals surface area contributed by atoms with Gasteiger partial charge in [0.1, 0.15) is 0 Å². The Morgan fingerprint density at radius 2 is 2.25 bits per heavy atom. The number of hydrogen-bond acceptors (Lipinski definition) is 3. The van der Waals surface area contributed by atoms with Crippen molar-refractivity contribution in [1.29, 1.82) is 0 Å². The van der Waals surface area contributed by atoms with E-state index in [1.807, 2.05) is 0 Å². The van der Waals surface area contributed by atoms with E-state index in [1.165, 1.54) is 17.2 Å². The van der Waals surface area contributed by atoms with Crippen LogP contribution in [0.15, 0.2) is 35.0 Å². The van der Waals surface area contributed by atoms with Crippen LogP contribution in [0.2, 0.25) is 0 Å². The van der Waals surface area contributed by atoms with Gasteiger partial charge in [0.2, 0.25) is 0 Å². The van der Waals surface area contributed by atoms with Gasteiger partial charge >= 0.3 is 0 Å². The summed E-state index contributed by atoms with van der Waals surface area (Å²) in [6.45, 7) is 1.74. The molecule has 0 aliphatic rings. The number of furan rings is 1. The molecule has 3 rings (SSSR count). The number of carbonyl (C=O) groups is 1. The van der Waals surface area contributed by atoms with Gasteiger partial charge in [-0.2, -0.15) is 5.10 Å². The number of fused-ring (bicyclic) bond motifs is 1. The lowest BCUT2D eigenvalue weighted by Crippen LogP contribution is -2.25. The molecule has 3 aromatic rings. The zero-order valence-electron chi connectivity index (χ0n) is 11.0. The summed E-state index contributed by atoms with van der Waals surface area (Å²) < 4.78 is 19.1. The number of H-pyrrole nitrogens is 1. The maximum atomic E-state index is 13.7. The predicted octanol–water partition coefficient (Wildman–Crippen LogP) is 2.88. The number of rotatable bonds is 2. The summed E-state index contributed by atoms with van der Waals surface area (Å²) in [7, 11) is 1.61. The van der Waals surface area contributed by atoms with E-state index in [-0.39, 0.29) is 17.3 Å². The first-order valence-electron chi connectivity index (χ1n) is 6.04. The van der Waals surface area contributed by atoms with E-state index in [1.54, 1.807) is 32.3 Å². The summed E-state index contributed by atoms with van der Waals surface area (Å²) in [6.07, 6.45) is 3.12. The number of benzene rings is 1.